The highest BCUT2D eigenvalue weighted by Crippen LogP contribution is 2.09. The normalized spacial score (nSPS) is 12.1. The van der Waals surface area contributed by atoms with Gasteiger partial charge in [0.05, 0.1) is 10.6 Å². The van der Waals surface area contributed by atoms with Crippen molar-refractivity contribution in [1.29, 1.82) is 0 Å². The van der Waals surface area contributed by atoms with E-state index in [0.717, 1.165) is 5.56 Å². The van der Waals surface area contributed by atoms with Crippen LogP contribution in [0.25, 0.3) is 0 Å². The smallest absolute Gasteiger partial charge is 0.238 e. The third kappa shape index (κ3) is 6.95. The Balaban J connectivity index is 2.59. The van der Waals surface area contributed by atoms with Gasteiger partial charge in [-0.15, -0.1) is 0 Å². The van der Waals surface area contributed by atoms with Gasteiger partial charge in [0.15, 0.2) is 0 Å². The van der Waals surface area contributed by atoms with Crippen LogP contribution >= 0.6 is 0 Å². The molecule has 136 valence electrons. The number of nitrogens with one attached hydrogen (secondary N) is 1. The average molecular weight is 377 g/mol. The minimum absolute atomic E-state index is 0.0104. The van der Waals surface area contributed by atoms with Crippen LogP contribution in [0.1, 0.15) is 19.4 Å². The second kappa shape index (κ2) is 8.56. The molecule has 10 heteroatoms. The van der Waals surface area contributed by atoms with E-state index in [4.69, 9.17) is 5.14 Å². The summed E-state index contributed by atoms with van der Waals surface area (Å²) in [7, 11) is -7.01. The fourth-order valence-electron chi connectivity index (χ4n) is 1.97. The van der Waals surface area contributed by atoms with Gasteiger partial charge in [-0.3, -0.25) is 4.79 Å². The van der Waals surface area contributed by atoms with E-state index in [1.165, 1.54) is 30.9 Å². The summed E-state index contributed by atoms with van der Waals surface area (Å²) in [6, 6.07) is 6.10. The number of sulfonamides is 2. The summed E-state index contributed by atoms with van der Waals surface area (Å²) in [5.41, 5.74) is 0.850. The Labute approximate surface area is 143 Å². The molecule has 0 aliphatic rings. The summed E-state index contributed by atoms with van der Waals surface area (Å²) in [5, 5.41) is 5.03. The van der Waals surface area contributed by atoms with Crippen LogP contribution in [0.15, 0.2) is 29.2 Å². The van der Waals surface area contributed by atoms with Crippen molar-refractivity contribution in [2.75, 3.05) is 25.4 Å². The molecule has 24 heavy (non-hydrogen) atoms. The van der Waals surface area contributed by atoms with Crippen LogP contribution < -0.4 is 9.86 Å². The van der Waals surface area contributed by atoms with Crippen LogP contribution in [-0.4, -0.2) is 53.0 Å². The number of carbonyl (C=O) groups excluding carboxylic acids is 1. The van der Waals surface area contributed by atoms with Gasteiger partial charge in [-0.2, -0.15) is 0 Å². The quantitative estimate of drug-likeness (QED) is 0.609. The van der Waals surface area contributed by atoms with Crippen molar-refractivity contribution in [2.45, 2.75) is 25.2 Å². The van der Waals surface area contributed by atoms with E-state index in [1.807, 2.05) is 0 Å². The highest BCUT2D eigenvalue weighted by molar-refractivity contribution is 7.89. The summed E-state index contributed by atoms with van der Waals surface area (Å²) < 4.78 is 47.5. The maximum atomic E-state index is 11.6. The number of nitrogens with zero attached hydrogens (tertiary/aromatic N) is 1. The van der Waals surface area contributed by atoms with Gasteiger partial charge < -0.3 is 4.90 Å². The van der Waals surface area contributed by atoms with Crippen molar-refractivity contribution < 1.29 is 21.6 Å². The number of amides is 1. The molecule has 0 aliphatic heterocycles. The standard InChI is InChI=1S/C14H23N3O5S2/c1-3-23(19,20)16-9-11-17(12(2)18)10-8-13-4-6-14(7-5-13)24(15,21)22/h4-7,16H,3,8-11H2,1-2H3,(H2,15,21,22). The molecule has 1 aromatic carbocycles. The Kier molecular flexibility index (Phi) is 7.33. The lowest BCUT2D eigenvalue weighted by molar-refractivity contribution is -0.128. The monoisotopic (exact) mass is 377 g/mol. The van der Waals surface area contributed by atoms with Crippen molar-refractivity contribution >= 4 is 26.0 Å². The summed E-state index contributed by atoms with van der Waals surface area (Å²) in [6.07, 6.45) is 0.519. The molecule has 0 bridgehead atoms. The van der Waals surface area contributed by atoms with Crippen molar-refractivity contribution in [1.82, 2.24) is 9.62 Å². The van der Waals surface area contributed by atoms with Gasteiger partial charge in [-0.1, -0.05) is 12.1 Å². The topological polar surface area (TPSA) is 127 Å². The first-order valence-corrected chi connectivity index (χ1v) is 10.6. The van der Waals surface area contributed by atoms with Crippen molar-refractivity contribution in [3.63, 3.8) is 0 Å². The molecule has 3 N–H and O–H groups in total. The van der Waals surface area contributed by atoms with Gasteiger partial charge in [0.2, 0.25) is 26.0 Å². The van der Waals surface area contributed by atoms with Crippen LogP contribution in [0.2, 0.25) is 0 Å². The van der Waals surface area contributed by atoms with E-state index in [9.17, 15) is 21.6 Å². The summed E-state index contributed by atoms with van der Waals surface area (Å²) in [4.78, 5) is 13.2. The third-order valence-corrected chi connectivity index (χ3v) is 5.78. The van der Waals surface area contributed by atoms with Gasteiger partial charge in [-0.05, 0) is 31.0 Å². The fraction of sp³-hybridized carbons (Fsp3) is 0.500. The second-order valence-electron chi connectivity index (χ2n) is 5.24. The lowest BCUT2D eigenvalue weighted by atomic mass is 10.1. The number of benzene rings is 1. The SMILES string of the molecule is CCS(=O)(=O)NCCN(CCc1ccc(S(N)(=O)=O)cc1)C(C)=O. The third-order valence-electron chi connectivity index (χ3n) is 3.45. The second-order valence-corrected chi connectivity index (χ2v) is 8.90. The zero-order chi connectivity index (χ0) is 18.4. The van der Waals surface area contributed by atoms with Gasteiger partial charge in [-0.25, -0.2) is 26.7 Å². The summed E-state index contributed by atoms with van der Waals surface area (Å²) >= 11 is 0. The van der Waals surface area contributed by atoms with E-state index < -0.39 is 20.0 Å². The van der Waals surface area contributed by atoms with E-state index in [-0.39, 0.29) is 29.6 Å². The van der Waals surface area contributed by atoms with Gasteiger partial charge in [0.25, 0.3) is 0 Å². The Morgan fingerprint density at radius 1 is 1.12 bits per heavy atom. The van der Waals surface area contributed by atoms with E-state index in [0.29, 0.717) is 13.0 Å². The Morgan fingerprint density at radius 3 is 2.17 bits per heavy atom. The molecule has 0 fully saturated rings. The molecule has 1 aromatic rings. The Hall–Kier alpha value is -1.49. The Morgan fingerprint density at radius 2 is 1.71 bits per heavy atom. The van der Waals surface area contributed by atoms with E-state index in [2.05, 4.69) is 4.72 Å². The lowest BCUT2D eigenvalue weighted by Crippen LogP contribution is -2.38. The predicted molar refractivity (Wildman–Crippen MR) is 91.2 cm³/mol. The van der Waals surface area contributed by atoms with Crippen molar-refractivity contribution in [3.05, 3.63) is 29.8 Å². The highest BCUT2D eigenvalue weighted by atomic mass is 32.2. The highest BCUT2D eigenvalue weighted by Gasteiger charge is 2.12. The molecule has 8 nitrogen and oxygen atoms in total. The van der Waals surface area contributed by atoms with Crippen LogP contribution in [0, 0.1) is 0 Å². The predicted octanol–water partition coefficient (Wildman–Crippen LogP) is -0.336. The number of hydrogen-bond donors (Lipinski definition) is 2. The first-order valence-electron chi connectivity index (χ1n) is 7.40. The van der Waals surface area contributed by atoms with Gasteiger partial charge in [0, 0.05) is 26.6 Å². The molecular formula is C14H23N3O5S2. The molecule has 0 aromatic heterocycles. The summed E-state index contributed by atoms with van der Waals surface area (Å²) in [6.45, 7) is 3.77. The zero-order valence-corrected chi connectivity index (χ0v) is 15.4. The number of primary sulfonamides is 1. The van der Waals surface area contributed by atoms with Crippen LogP contribution in [0.4, 0.5) is 0 Å². The largest absolute Gasteiger partial charge is 0.341 e. The number of carbonyl (C=O) groups is 1. The van der Waals surface area contributed by atoms with Crippen molar-refractivity contribution in [2.24, 2.45) is 5.14 Å². The number of rotatable bonds is 9. The van der Waals surface area contributed by atoms with E-state index >= 15 is 0 Å². The Bertz CT molecular complexity index is 758. The first-order chi connectivity index (χ1) is 11.0. The molecule has 0 spiro atoms. The maximum Gasteiger partial charge on any atom is 0.238 e. The van der Waals surface area contributed by atoms with Crippen LogP contribution in [-0.2, 0) is 31.3 Å². The number of nitrogens with two attached hydrogens (primary N) is 1. The molecular weight excluding hydrogens is 354 g/mol. The van der Waals surface area contributed by atoms with Crippen molar-refractivity contribution in [3.8, 4) is 0 Å². The molecule has 0 atom stereocenters. The molecule has 1 rings (SSSR count). The molecule has 0 unspecified atom stereocenters. The minimum atomic E-state index is -3.72. The first kappa shape index (κ1) is 20.6. The van der Waals surface area contributed by atoms with Gasteiger partial charge in [0.1, 0.15) is 0 Å². The maximum absolute atomic E-state index is 11.6. The molecule has 0 radical (unpaired) electrons. The molecule has 1 amide bonds. The van der Waals surface area contributed by atoms with Crippen LogP contribution in [0.3, 0.4) is 0 Å². The molecule has 0 heterocycles. The molecule has 0 saturated carbocycles. The lowest BCUT2D eigenvalue weighted by Gasteiger charge is -2.21. The summed E-state index contributed by atoms with van der Waals surface area (Å²) in [5.74, 6) is -0.171. The van der Waals surface area contributed by atoms with Crippen LogP contribution in [0.5, 0.6) is 0 Å². The van der Waals surface area contributed by atoms with Gasteiger partial charge >= 0.3 is 0 Å². The zero-order valence-electron chi connectivity index (χ0n) is 13.7. The molecule has 0 saturated heterocycles. The van der Waals surface area contributed by atoms with E-state index in [1.54, 1.807) is 12.1 Å². The fourth-order valence-corrected chi connectivity index (χ4v) is 3.10. The number of hydrogen-bond acceptors (Lipinski definition) is 5. The molecule has 0 aliphatic carbocycles. The minimum Gasteiger partial charge on any atom is -0.341 e. The average Bonchev–Trinajstić information content (AvgIpc) is 2.49.